The minimum absolute atomic E-state index is 0.0746. The fourth-order valence-corrected chi connectivity index (χ4v) is 5.26. The Morgan fingerprint density at radius 3 is 2.43 bits per heavy atom. The molecule has 7 nitrogen and oxygen atoms in total. The zero-order valence-corrected chi connectivity index (χ0v) is 14.9. The number of ether oxygens (including phenoxy) is 1. The van der Waals surface area contributed by atoms with E-state index in [0.717, 1.165) is 25.7 Å². The molecular formula is C15H27N3O4S. The number of carbonyl (C=O) groups is 1. The molecule has 3 heterocycles. The molecule has 132 valence electrons. The van der Waals surface area contributed by atoms with Crippen LogP contribution in [0.4, 0.5) is 4.79 Å². The molecule has 0 aromatic rings. The number of piperidine rings is 1. The van der Waals surface area contributed by atoms with Crippen LogP contribution in [0.15, 0.2) is 0 Å². The van der Waals surface area contributed by atoms with Crippen molar-refractivity contribution < 1.29 is 17.9 Å². The summed E-state index contributed by atoms with van der Waals surface area (Å²) in [5.41, 5.74) is -0.535. The van der Waals surface area contributed by atoms with Crippen molar-refractivity contribution in [2.24, 2.45) is 5.92 Å². The third-order valence-corrected chi connectivity index (χ3v) is 6.48. The van der Waals surface area contributed by atoms with E-state index < -0.39 is 15.8 Å². The van der Waals surface area contributed by atoms with Gasteiger partial charge in [0.25, 0.3) is 10.2 Å². The lowest BCUT2D eigenvalue weighted by molar-refractivity contribution is 0.0229. The van der Waals surface area contributed by atoms with E-state index in [1.54, 1.807) is 4.90 Å². The van der Waals surface area contributed by atoms with Crippen LogP contribution in [-0.4, -0.2) is 61.0 Å². The first-order valence-electron chi connectivity index (χ1n) is 8.44. The van der Waals surface area contributed by atoms with Gasteiger partial charge in [0, 0.05) is 25.7 Å². The molecule has 4 rings (SSSR count). The molecule has 3 atom stereocenters. The van der Waals surface area contributed by atoms with Crippen molar-refractivity contribution in [3.05, 3.63) is 0 Å². The number of fused-ring (bicyclic) bond motifs is 1. The van der Waals surface area contributed by atoms with Crippen molar-refractivity contribution >= 4 is 16.3 Å². The van der Waals surface area contributed by atoms with Crippen molar-refractivity contribution in [1.82, 2.24) is 13.9 Å². The maximum atomic E-state index is 12.5. The van der Waals surface area contributed by atoms with Gasteiger partial charge in [0.15, 0.2) is 0 Å². The Balaban J connectivity index is 1.60. The third kappa shape index (κ3) is 3.49. The van der Waals surface area contributed by atoms with Gasteiger partial charge in [-0.15, -0.1) is 0 Å². The van der Waals surface area contributed by atoms with Crippen LogP contribution in [0.2, 0.25) is 0 Å². The number of nitrogens with zero attached hydrogens (tertiary/aromatic N) is 2. The zero-order valence-electron chi connectivity index (χ0n) is 14.1. The van der Waals surface area contributed by atoms with Crippen LogP contribution >= 0.6 is 0 Å². The largest absolute Gasteiger partial charge is 0.444 e. The molecule has 1 amide bonds. The van der Waals surface area contributed by atoms with Crippen LogP contribution in [0.1, 0.15) is 46.5 Å². The van der Waals surface area contributed by atoms with Crippen LogP contribution in [0, 0.1) is 5.92 Å². The van der Waals surface area contributed by atoms with Crippen LogP contribution in [0.25, 0.3) is 0 Å². The molecule has 1 N–H and O–H groups in total. The first-order chi connectivity index (χ1) is 10.7. The summed E-state index contributed by atoms with van der Waals surface area (Å²) in [6.07, 6.45) is 3.44. The highest BCUT2D eigenvalue weighted by molar-refractivity contribution is 7.87. The predicted molar refractivity (Wildman–Crippen MR) is 86.1 cm³/mol. The first-order valence-corrected chi connectivity index (χ1v) is 9.88. The molecule has 3 saturated heterocycles. The highest BCUT2D eigenvalue weighted by Gasteiger charge is 2.56. The number of hydrogen-bond donors (Lipinski definition) is 1. The Kier molecular flexibility index (Phi) is 4.35. The van der Waals surface area contributed by atoms with Crippen LogP contribution in [-0.2, 0) is 14.9 Å². The van der Waals surface area contributed by atoms with Gasteiger partial charge in [0.05, 0.1) is 6.04 Å². The summed E-state index contributed by atoms with van der Waals surface area (Å²) in [6.45, 7) is 7.26. The summed E-state index contributed by atoms with van der Waals surface area (Å²) in [7, 11) is -3.45. The Morgan fingerprint density at radius 1 is 1.17 bits per heavy atom. The monoisotopic (exact) mass is 345 g/mol. The Labute approximate surface area is 138 Å². The maximum Gasteiger partial charge on any atom is 0.410 e. The van der Waals surface area contributed by atoms with E-state index in [2.05, 4.69) is 4.72 Å². The minimum atomic E-state index is -3.45. The zero-order chi connectivity index (χ0) is 16.8. The van der Waals surface area contributed by atoms with Gasteiger partial charge in [0.1, 0.15) is 5.60 Å². The predicted octanol–water partition coefficient (Wildman–Crippen LogP) is 1.31. The van der Waals surface area contributed by atoms with Crippen LogP contribution in [0.3, 0.4) is 0 Å². The van der Waals surface area contributed by atoms with Crippen molar-refractivity contribution in [1.29, 1.82) is 0 Å². The highest BCUT2D eigenvalue weighted by atomic mass is 32.2. The van der Waals surface area contributed by atoms with Crippen LogP contribution < -0.4 is 4.72 Å². The Bertz CT molecular complexity index is 566. The third-order valence-electron chi connectivity index (χ3n) is 4.87. The summed E-state index contributed by atoms with van der Waals surface area (Å²) in [4.78, 5) is 13.9. The SMILES string of the molecule is CC(C)(C)OC(=O)N1CC2CC1C2NS(=O)(=O)N1CCCCC1. The smallest absolute Gasteiger partial charge is 0.410 e. The summed E-state index contributed by atoms with van der Waals surface area (Å²) < 4.78 is 34.8. The second-order valence-electron chi connectivity index (χ2n) is 7.80. The lowest BCUT2D eigenvalue weighted by atomic mass is 9.81. The number of rotatable bonds is 3. The second kappa shape index (κ2) is 5.89. The maximum absolute atomic E-state index is 12.5. The average molecular weight is 345 g/mol. The number of carbonyl (C=O) groups excluding carboxylic acids is 1. The second-order valence-corrected chi connectivity index (χ2v) is 9.51. The fraction of sp³-hybridized carbons (Fsp3) is 0.933. The average Bonchev–Trinajstić information content (AvgIpc) is 3.03. The quantitative estimate of drug-likeness (QED) is 0.836. The van der Waals surface area contributed by atoms with Gasteiger partial charge in [-0.1, -0.05) is 6.42 Å². The summed E-state index contributed by atoms with van der Waals surface area (Å²) >= 11 is 0. The van der Waals surface area contributed by atoms with Gasteiger partial charge in [-0.25, -0.2) is 4.79 Å². The summed E-state index contributed by atoms with van der Waals surface area (Å²) in [5.74, 6) is 0.201. The highest BCUT2D eigenvalue weighted by Crippen LogP contribution is 2.42. The molecule has 4 aliphatic rings. The lowest BCUT2D eigenvalue weighted by Crippen LogP contribution is -2.58. The minimum Gasteiger partial charge on any atom is -0.444 e. The molecule has 1 saturated carbocycles. The van der Waals surface area contributed by atoms with E-state index in [4.69, 9.17) is 4.74 Å². The molecule has 4 fully saturated rings. The Hall–Kier alpha value is -0.860. The number of hydrogen-bond acceptors (Lipinski definition) is 4. The molecular weight excluding hydrogens is 318 g/mol. The van der Waals surface area contributed by atoms with Crippen molar-refractivity contribution in [2.75, 3.05) is 19.6 Å². The molecule has 1 aliphatic carbocycles. The van der Waals surface area contributed by atoms with Gasteiger partial charge in [0.2, 0.25) is 0 Å². The summed E-state index contributed by atoms with van der Waals surface area (Å²) in [5, 5.41) is 0. The molecule has 3 aliphatic heterocycles. The van der Waals surface area contributed by atoms with E-state index in [1.165, 1.54) is 4.31 Å². The van der Waals surface area contributed by atoms with Gasteiger partial charge in [-0.2, -0.15) is 17.4 Å². The van der Waals surface area contributed by atoms with Crippen molar-refractivity contribution in [3.8, 4) is 0 Å². The molecule has 0 aromatic heterocycles. The Morgan fingerprint density at radius 2 is 1.83 bits per heavy atom. The van der Waals surface area contributed by atoms with Crippen molar-refractivity contribution in [2.45, 2.75) is 64.1 Å². The fourth-order valence-electron chi connectivity index (χ4n) is 3.68. The van der Waals surface area contributed by atoms with Gasteiger partial charge < -0.3 is 9.64 Å². The molecule has 0 spiro atoms. The molecule has 8 heteroatoms. The summed E-state index contributed by atoms with van der Waals surface area (Å²) in [6, 6.07) is -0.246. The van der Waals surface area contributed by atoms with Crippen molar-refractivity contribution in [3.63, 3.8) is 0 Å². The first kappa shape index (κ1) is 17.0. The molecule has 23 heavy (non-hydrogen) atoms. The molecule has 0 aromatic carbocycles. The van der Waals surface area contributed by atoms with E-state index in [-0.39, 0.29) is 24.1 Å². The normalized spacial score (nSPS) is 31.8. The standard InChI is InChI=1S/C15H27N3O4S/c1-15(2,3)22-14(19)18-10-11-9-12(18)13(11)16-23(20,21)17-7-5-4-6-8-17/h11-13,16H,4-10H2,1-3H3. The van der Waals surface area contributed by atoms with E-state index >= 15 is 0 Å². The lowest BCUT2D eigenvalue weighted by Gasteiger charge is -2.38. The van der Waals surface area contributed by atoms with E-state index in [1.807, 2.05) is 20.8 Å². The van der Waals surface area contributed by atoms with E-state index in [0.29, 0.717) is 19.6 Å². The van der Waals surface area contributed by atoms with Crippen LogP contribution in [0.5, 0.6) is 0 Å². The number of amides is 1. The molecule has 3 unspecified atom stereocenters. The van der Waals surface area contributed by atoms with Gasteiger partial charge in [-0.3, -0.25) is 0 Å². The van der Waals surface area contributed by atoms with Gasteiger partial charge in [-0.05, 0) is 46.0 Å². The number of nitrogens with one attached hydrogen (secondary N) is 1. The molecule has 2 bridgehead atoms. The molecule has 0 radical (unpaired) electrons. The topological polar surface area (TPSA) is 79.0 Å². The van der Waals surface area contributed by atoms with E-state index in [9.17, 15) is 13.2 Å². The van der Waals surface area contributed by atoms with Gasteiger partial charge >= 0.3 is 6.09 Å².